The van der Waals surface area contributed by atoms with Gasteiger partial charge in [0.1, 0.15) is 18.2 Å². The summed E-state index contributed by atoms with van der Waals surface area (Å²) in [6.07, 6.45) is -0.483. The second kappa shape index (κ2) is 2.67. The predicted molar refractivity (Wildman–Crippen MR) is 43.3 cm³/mol. The average molecular weight is 187 g/mol. The Morgan fingerprint density at radius 1 is 1.54 bits per heavy atom. The smallest absolute Gasteiger partial charge is 0.323 e. The molecule has 0 saturated carbocycles. The van der Waals surface area contributed by atoms with Crippen molar-refractivity contribution in [3.63, 3.8) is 0 Å². The summed E-state index contributed by atoms with van der Waals surface area (Å²) in [5.74, 6) is -1.53. The lowest BCUT2D eigenvalue weighted by Crippen LogP contribution is -2.41. The Morgan fingerprint density at radius 2 is 2.23 bits per heavy atom. The fourth-order valence-corrected chi connectivity index (χ4v) is 1.89. The molecule has 5 heteroatoms. The first-order valence-electron chi connectivity index (χ1n) is 4.31. The number of aliphatic carboxylic acids is 1. The van der Waals surface area contributed by atoms with Crippen LogP contribution in [0.3, 0.4) is 0 Å². The maximum absolute atomic E-state index is 10.8. The van der Waals surface area contributed by atoms with E-state index < -0.39 is 17.8 Å². The molecular weight excluding hydrogens is 174 g/mol. The van der Waals surface area contributed by atoms with Gasteiger partial charge in [-0.1, -0.05) is 0 Å². The third-order valence-corrected chi connectivity index (χ3v) is 2.36. The Morgan fingerprint density at radius 3 is 2.85 bits per heavy atom. The topological polar surface area (TPSA) is 67.8 Å². The lowest BCUT2D eigenvalue weighted by atomic mass is 10.1. The SMILES string of the molecule is CC1(C)OC2CN[C@H](C(=O)O)C2O1. The van der Waals surface area contributed by atoms with Gasteiger partial charge in [0.2, 0.25) is 0 Å². The molecule has 2 rings (SSSR count). The van der Waals surface area contributed by atoms with E-state index in [4.69, 9.17) is 14.6 Å². The summed E-state index contributed by atoms with van der Waals surface area (Å²) in [5.41, 5.74) is 0. The minimum Gasteiger partial charge on any atom is -0.480 e. The van der Waals surface area contributed by atoms with Crippen LogP contribution in [0, 0.1) is 0 Å². The van der Waals surface area contributed by atoms with Gasteiger partial charge in [-0.3, -0.25) is 10.1 Å². The van der Waals surface area contributed by atoms with Crippen LogP contribution in [0.1, 0.15) is 13.8 Å². The van der Waals surface area contributed by atoms with Gasteiger partial charge in [0.15, 0.2) is 5.79 Å². The molecule has 2 aliphatic heterocycles. The van der Waals surface area contributed by atoms with Gasteiger partial charge >= 0.3 is 5.97 Å². The van der Waals surface area contributed by atoms with Crippen molar-refractivity contribution in [1.29, 1.82) is 0 Å². The predicted octanol–water partition coefficient (Wildman–Crippen LogP) is -0.437. The molecule has 13 heavy (non-hydrogen) atoms. The number of fused-ring (bicyclic) bond motifs is 1. The highest BCUT2D eigenvalue weighted by atomic mass is 16.8. The van der Waals surface area contributed by atoms with Crippen molar-refractivity contribution in [2.75, 3.05) is 6.54 Å². The zero-order chi connectivity index (χ0) is 9.64. The molecule has 2 fully saturated rings. The van der Waals surface area contributed by atoms with E-state index in [-0.39, 0.29) is 12.2 Å². The van der Waals surface area contributed by atoms with Crippen molar-refractivity contribution in [2.24, 2.45) is 0 Å². The van der Waals surface area contributed by atoms with Crippen molar-refractivity contribution in [1.82, 2.24) is 5.32 Å². The van der Waals surface area contributed by atoms with Crippen molar-refractivity contribution in [2.45, 2.75) is 37.9 Å². The number of ether oxygens (including phenoxy) is 2. The molecule has 2 unspecified atom stereocenters. The zero-order valence-corrected chi connectivity index (χ0v) is 7.61. The summed E-state index contributed by atoms with van der Waals surface area (Å²) >= 11 is 0. The monoisotopic (exact) mass is 187 g/mol. The van der Waals surface area contributed by atoms with Crippen molar-refractivity contribution < 1.29 is 19.4 Å². The average Bonchev–Trinajstić information content (AvgIpc) is 2.41. The van der Waals surface area contributed by atoms with E-state index in [1.807, 2.05) is 0 Å². The first kappa shape index (κ1) is 8.93. The number of hydrogen-bond donors (Lipinski definition) is 2. The van der Waals surface area contributed by atoms with Gasteiger partial charge in [-0.15, -0.1) is 0 Å². The molecule has 0 radical (unpaired) electrons. The van der Waals surface area contributed by atoms with Gasteiger partial charge in [-0.2, -0.15) is 0 Å². The van der Waals surface area contributed by atoms with Gasteiger partial charge < -0.3 is 14.6 Å². The third-order valence-electron chi connectivity index (χ3n) is 2.36. The highest BCUT2D eigenvalue weighted by Crippen LogP contribution is 2.32. The van der Waals surface area contributed by atoms with Crippen LogP contribution in [0.25, 0.3) is 0 Å². The molecule has 2 N–H and O–H groups in total. The quantitative estimate of drug-likeness (QED) is 0.582. The molecule has 2 saturated heterocycles. The van der Waals surface area contributed by atoms with E-state index >= 15 is 0 Å². The summed E-state index contributed by atoms with van der Waals surface area (Å²) in [5, 5.41) is 11.7. The van der Waals surface area contributed by atoms with Crippen LogP contribution in [0.15, 0.2) is 0 Å². The first-order chi connectivity index (χ1) is 5.99. The Hall–Kier alpha value is -0.650. The molecule has 0 amide bonds. The van der Waals surface area contributed by atoms with Crippen LogP contribution in [0.4, 0.5) is 0 Å². The van der Waals surface area contributed by atoms with Crippen LogP contribution in [0.5, 0.6) is 0 Å². The van der Waals surface area contributed by atoms with Crippen molar-refractivity contribution >= 4 is 5.97 Å². The van der Waals surface area contributed by atoms with Gasteiger partial charge in [-0.25, -0.2) is 0 Å². The van der Waals surface area contributed by atoms with E-state index in [1.165, 1.54) is 0 Å². The molecule has 3 atom stereocenters. The standard InChI is InChI=1S/C8H13NO4/c1-8(2)12-4-3-9-5(7(10)11)6(4)13-8/h4-6,9H,3H2,1-2H3,(H,10,11)/t4?,5-,6?/m0/s1. The molecule has 2 aliphatic rings. The number of carboxylic acid groups (broad SMARTS) is 1. The summed E-state index contributed by atoms with van der Waals surface area (Å²) in [6, 6.07) is -0.633. The van der Waals surface area contributed by atoms with Gasteiger partial charge in [0.05, 0.1) is 0 Å². The highest BCUT2D eigenvalue weighted by molar-refractivity contribution is 5.75. The largest absolute Gasteiger partial charge is 0.480 e. The van der Waals surface area contributed by atoms with Crippen LogP contribution >= 0.6 is 0 Å². The number of hydrogen-bond acceptors (Lipinski definition) is 4. The van der Waals surface area contributed by atoms with Crippen LogP contribution in [-0.4, -0.2) is 41.7 Å². The van der Waals surface area contributed by atoms with E-state index in [2.05, 4.69) is 5.32 Å². The molecule has 0 bridgehead atoms. The van der Waals surface area contributed by atoms with Gasteiger partial charge in [0.25, 0.3) is 0 Å². The maximum Gasteiger partial charge on any atom is 0.323 e. The number of carbonyl (C=O) groups is 1. The lowest BCUT2D eigenvalue weighted by molar-refractivity contribution is -0.160. The molecule has 0 aromatic rings. The normalized spacial score (nSPS) is 41.8. The Kier molecular flexibility index (Phi) is 1.83. The number of rotatable bonds is 1. The van der Waals surface area contributed by atoms with Crippen molar-refractivity contribution in [3.8, 4) is 0 Å². The first-order valence-corrected chi connectivity index (χ1v) is 4.31. The van der Waals surface area contributed by atoms with Crippen LogP contribution in [0.2, 0.25) is 0 Å². The molecular formula is C8H13NO4. The second-order valence-corrected chi connectivity index (χ2v) is 3.86. The third kappa shape index (κ3) is 1.43. The Labute approximate surface area is 76.0 Å². The number of carboxylic acids is 1. The van der Waals surface area contributed by atoms with Crippen LogP contribution in [-0.2, 0) is 14.3 Å². The molecule has 0 spiro atoms. The fraction of sp³-hybridized carbons (Fsp3) is 0.875. The Bertz CT molecular complexity index is 240. The van der Waals surface area contributed by atoms with Gasteiger partial charge in [-0.05, 0) is 13.8 Å². The molecule has 74 valence electrons. The molecule has 0 aliphatic carbocycles. The molecule has 0 aromatic heterocycles. The molecule has 5 nitrogen and oxygen atoms in total. The number of nitrogens with one attached hydrogen (secondary N) is 1. The summed E-state index contributed by atoms with van der Waals surface area (Å²) in [4.78, 5) is 10.8. The summed E-state index contributed by atoms with van der Waals surface area (Å²) < 4.78 is 11.0. The van der Waals surface area contributed by atoms with E-state index in [0.29, 0.717) is 6.54 Å². The van der Waals surface area contributed by atoms with E-state index in [0.717, 1.165) is 0 Å². The highest BCUT2D eigenvalue weighted by Gasteiger charge is 2.51. The fourth-order valence-electron chi connectivity index (χ4n) is 1.89. The van der Waals surface area contributed by atoms with Crippen LogP contribution < -0.4 is 5.32 Å². The second-order valence-electron chi connectivity index (χ2n) is 3.86. The Balaban J connectivity index is 2.12. The lowest BCUT2D eigenvalue weighted by Gasteiger charge is -2.20. The van der Waals surface area contributed by atoms with Crippen molar-refractivity contribution in [3.05, 3.63) is 0 Å². The summed E-state index contributed by atoms with van der Waals surface area (Å²) in [6.45, 7) is 4.14. The minimum absolute atomic E-state index is 0.129. The minimum atomic E-state index is -0.881. The summed E-state index contributed by atoms with van der Waals surface area (Å²) in [7, 11) is 0. The van der Waals surface area contributed by atoms with Gasteiger partial charge in [0, 0.05) is 6.54 Å². The van der Waals surface area contributed by atoms with E-state index in [9.17, 15) is 4.79 Å². The maximum atomic E-state index is 10.8. The zero-order valence-electron chi connectivity index (χ0n) is 7.61. The van der Waals surface area contributed by atoms with E-state index in [1.54, 1.807) is 13.8 Å². The molecule has 2 heterocycles. The molecule has 0 aromatic carbocycles.